The zero-order chi connectivity index (χ0) is 25.5. The number of carbonyl (C=O) groups is 1. The highest BCUT2D eigenvalue weighted by Gasteiger charge is 2.40. The lowest BCUT2D eigenvalue weighted by molar-refractivity contribution is 0.0696. The Balaban J connectivity index is 1.56. The van der Waals surface area contributed by atoms with Crippen LogP contribution in [0.4, 0.5) is 0 Å². The lowest BCUT2D eigenvalue weighted by Crippen LogP contribution is -2.39. The largest absolute Gasteiger partial charge is 0.381 e. The van der Waals surface area contributed by atoms with Gasteiger partial charge in [-0.3, -0.25) is 4.79 Å². The molecule has 196 valence electrons. The van der Waals surface area contributed by atoms with E-state index in [9.17, 15) is 4.79 Å². The second-order valence-electron chi connectivity index (χ2n) is 13.1. The number of carbonyl (C=O) groups excluding carboxylic acids is 1. The van der Waals surface area contributed by atoms with Crippen LogP contribution in [0.25, 0.3) is 11.3 Å². The molecule has 4 heteroatoms. The second kappa shape index (κ2) is 10.0. The molecule has 1 amide bonds. The minimum absolute atomic E-state index is 0.0735. The Kier molecular flexibility index (Phi) is 7.11. The van der Waals surface area contributed by atoms with E-state index in [-0.39, 0.29) is 17.4 Å². The molecule has 4 nitrogen and oxygen atoms in total. The predicted molar refractivity (Wildman–Crippen MR) is 148 cm³/mol. The minimum Gasteiger partial charge on any atom is -0.381 e. The summed E-state index contributed by atoms with van der Waals surface area (Å²) in [5.74, 6) is 0.769. The number of amides is 1. The molecule has 3 fully saturated rings. The van der Waals surface area contributed by atoms with Gasteiger partial charge in [-0.05, 0) is 97.1 Å². The lowest BCUT2D eigenvalue weighted by atomic mass is 9.82. The van der Waals surface area contributed by atoms with Crippen LogP contribution in [0.2, 0.25) is 0 Å². The first-order chi connectivity index (χ1) is 17.1. The van der Waals surface area contributed by atoms with Crippen molar-refractivity contribution in [3.8, 4) is 11.3 Å². The fraction of sp³-hybridized carbons (Fsp3) is 0.656. The van der Waals surface area contributed by atoms with Crippen molar-refractivity contribution < 1.29 is 9.53 Å². The molecule has 5 rings (SSSR count). The molecule has 2 heterocycles. The van der Waals surface area contributed by atoms with E-state index < -0.39 is 0 Å². The van der Waals surface area contributed by atoms with E-state index in [0.717, 1.165) is 43.9 Å². The summed E-state index contributed by atoms with van der Waals surface area (Å²) in [7, 11) is 0. The second-order valence-corrected chi connectivity index (χ2v) is 13.1. The zero-order valence-electron chi connectivity index (χ0n) is 23.2. The fourth-order valence-electron chi connectivity index (χ4n) is 6.12. The number of nitrogens with one attached hydrogen (secondary N) is 1. The molecule has 1 saturated heterocycles. The number of aromatic nitrogens is 1. The van der Waals surface area contributed by atoms with Gasteiger partial charge in [-0.2, -0.15) is 0 Å². The normalized spacial score (nSPS) is 20.9. The standard InChI is InChI=1S/C32H46N2O2/c1-22-28(30(35)33-27-11-15-36-16-12-27)20-29(34(22)21-23-9-7-6-8-10-23)24-17-25(31(2,3)4)19-26(18-24)32(5)13-14-32/h17-20,23,27H,6-16,21H2,1-5H3,(H,33,35). The number of hydrogen-bond acceptors (Lipinski definition) is 2. The van der Waals surface area contributed by atoms with Crippen molar-refractivity contribution in [2.75, 3.05) is 13.2 Å². The van der Waals surface area contributed by atoms with Crippen LogP contribution in [-0.2, 0) is 22.1 Å². The monoisotopic (exact) mass is 490 g/mol. The van der Waals surface area contributed by atoms with Crippen molar-refractivity contribution in [3.63, 3.8) is 0 Å². The van der Waals surface area contributed by atoms with Gasteiger partial charge in [0.1, 0.15) is 0 Å². The molecule has 1 aromatic heterocycles. The molecule has 0 spiro atoms. The van der Waals surface area contributed by atoms with Gasteiger partial charge < -0.3 is 14.6 Å². The zero-order valence-corrected chi connectivity index (χ0v) is 23.2. The Morgan fingerprint density at radius 3 is 2.36 bits per heavy atom. The lowest BCUT2D eigenvalue weighted by Gasteiger charge is -2.26. The van der Waals surface area contributed by atoms with Crippen LogP contribution in [-0.4, -0.2) is 29.7 Å². The number of nitrogens with zero attached hydrogens (tertiary/aromatic N) is 1. The predicted octanol–water partition coefficient (Wildman–Crippen LogP) is 7.30. The quantitative estimate of drug-likeness (QED) is 0.462. The van der Waals surface area contributed by atoms with Crippen LogP contribution in [0, 0.1) is 12.8 Å². The van der Waals surface area contributed by atoms with Gasteiger partial charge in [0.15, 0.2) is 0 Å². The van der Waals surface area contributed by atoms with Crippen molar-refractivity contribution >= 4 is 5.91 Å². The molecule has 2 aliphatic carbocycles. The molecular weight excluding hydrogens is 444 g/mol. The minimum atomic E-state index is 0.0735. The van der Waals surface area contributed by atoms with Crippen LogP contribution >= 0.6 is 0 Å². The average molecular weight is 491 g/mol. The first-order valence-corrected chi connectivity index (χ1v) is 14.4. The Morgan fingerprint density at radius 1 is 1.03 bits per heavy atom. The van der Waals surface area contributed by atoms with Gasteiger partial charge in [0.25, 0.3) is 5.91 Å². The summed E-state index contributed by atoms with van der Waals surface area (Å²) in [5, 5.41) is 3.32. The maximum absolute atomic E-state index is 13.5. The summed E-state index contributed by atoms with van der Waals surface area (Å²) in [6.07, 6.45) is 11.0. The van der Waals surface area contributed by atoms with Crippen LogP contribution < -0.4 is 5.32 Å². The van der Waals surface area contributed by atoms with Gasteiger partial charge in [0, 0.05) is 37.2 Å². The van der Waals surface area contributed by atoms with E-state index in [2.05, 4.69) is 68.8 Å². The summed E-state index contributed by atoms with van der Waals surface area (Å²) in [5.41, 5.74) is 7.67. The van der Waals surface area contributed by atoms with Crippen LogP contribution in [0.5, 0.6) is 0 Å². The van der Waals surface area contributed by atoms with Crippen molar-refractivity contribution in [1.82, 2.24) is 9.88 Å². The molecule has 0 bridgehead atoms. The van der Waals surface area contributed by atoms with E-state index in [1.165, 1.54) is 67.3 Å². The van der Waals surface area contributed by atoms with Crippen LogP contribution in [0.1, 0.15) is 113 Å². The maximum atomic E-state index is 13.5. The fourth-order valence-corrected chi connectivity index (χ4v) is 6.12. The van der Waals surface area contributed by atoms with E-state index >= 15 is 0 Å². The molecular formula is C32H46N2O2. The van der Waals surface area contributed by atoms with Gasteiger partial charge >= 0.3 is 0 Å². The van der Waals surface area contributed by atoms with Crippen molar-refractivity contribution in [1.29, 1.82) is 0 Å². The Hall–Kier alpha value is -2.07. The van der Waals surface area contributed by atoms with Crippen LogP contribution in [0.15, 0.2) is 24.3 Å². The average Bonchev–Trinajstić information content (AvgIpc) is 3.54. The molecule has 0 atom stereocenters. The smallest absolute Gasteiger partial charge is 0.253 e. The highest BCUT2D eigenvalue weighted by Crippen LogP contribution is 2.49. The highest BCUT2D eigenvalue weighted by atomic mass is 16.5. The van der Waals surface area contributed by atoms with Crippen molar-refractivity contribution in [3.05, 3.63) is 46.6 Å². The summed E-state index contributed by atoms with van der Waals surface area (Å²) in [6.45, 7) is 14.0. The van der Waals surface area contributed by atoms with Crippen molar-refractivity contribution in [2.45, 2.75) is 116 Å². The van der Waals surface area contributed by atoms with E-state index in [0.29, 0.717) is 11.3 Å². The Morgan fingerprint density at radius 2 is 1.72 bits per heavy atom. The maximum Gasteiger partial charge on any atom is 0.253 e. The number of ether oxygens (including phenoxy) is 1. The van der Waals surface area contributed by atoms with E-state index in [1.807, 2.05) is 0 Å². The number of rotatable bonds is 6. The first kappa shape index (κ1) is 25.6. The molecule has 2 aromatic rings. The SMILES string of the molecule is Cc1c(C(=O)NC2CCOCC2)cc(-c2cc(C(C)(C)C)cc(C3(C)CC3)c2)n1CC1CCCCC1. The Bertz CT molecular complexity index is 1070. The molecule has 1 N–H and O–H groups in total. The van der Waals surface area contributed by atoms with Gasteiger partial charge in [-0.25, -0.2) is 0 Å². The third-order valence-electron chi connectivity index (χ3n) is 9.12. The molecule has 0 radical (unpaired) electrons. The van der Waals surface area contributed by atoms with Crippen molar-refractivity contribution in [2.24, 2.45) is 5.92 Å². The third kappa shape index (κ3) is 5.44. The van der Waals surface area contributed by atoms with Gasteiger partial charge in [0.05, 0.1) is 5.56 Å². The van der Waals surface area contributed by atoms with Gasteiger partial charge in [0.2, 0.25) is 0 Å². The van der Waals surface area contributed by atoms with Gasteiger partial charge in [-0.1, -0.05) is 53.0 Å². The first-order valence-electron chi connectivity index (χ1n) is 14.4. The molecule has 3 aliphatic rings. The third-order valence-corrected chi connectivity index (χ3v) is 9.12. The van der Waals surface area contributed by atoms with E-state index in [1.54, 1.807) is 0 Å². The van der Waals surface area contributed by atoms with E-state index in [4.69, 9.17) is 4.74 Å². The number of hydrogen-bond donors (Lipinski definition) is 1. The van der Waals surface area contributed by atoms with Crippen LogP contribution in [0.3, 0.4) is 0 Å². The Labute approximate surface area is 218 Å². The summed E-state index contributed by atoms with van der Waals surface area (Å²) < 4.78 is 7.99. The molecule has 0 unspecified atom stereocenters. The van der Waals surface area contributed by atoms with Gasteiger partial charge in [-0.15, -0.1) is 0 Å². The molecule has 1 aliphatic heterocycles. The molecule has 36 heavy (non-hydrogen) atoms. The topological polar surface area (TPSA) is 43.3 Å². The highest BCUT2D eigenvalue weighted by molar-refractivity contribution is 5.97. The molecule has 1 aromatic carbocycles. The summed E-state index contributed by atoms with van der Waals surface area (Å²) in [6, 6.07) is 9.65. The molecule has 2 saturated carbocycles. The summed E-state index contributed by atoms with van der Waals surface area (Å²) in [4.78, 5) is 13.5. The summed E-state index contributed by atoms with van der Waals surface area (Å²) >= 11 is 0. The number of benzene rings is 1.